The van der Waals surface area contributed by atoms with Crippen LogP contribution in [0, 0.1) is 13.8 Å². The van der Waals surface area contributed by atoms with Crippen molar-refractivity contribution in [3.05, 3.63) is 146 Å². The topological polar surface area (TPSA) is 101 Å². The number of nitrogens with one attached hydrogen (secondary N) is 1. The van der Waals surface area contributed by atoms with E-state index < -0.39 is 18.1 Å². The number of aryl methyl sites for hydroxylation is 1. The number of carboxylic acid groups (broad SMARTS) is 1. The maximum absolute atomic E-state index is 14.2. The van der Waals surface area contributed by atoms with Gasteiger partial charge in [-0.15, -0.1) is 0 Å². The summed E-state index contributed by atoms with van der Waals surface area (Å²) in [6.45, 7) is 5.68. The van der Waals surface area contributed by atoms with Crippen LogP contribution in [-0.4, -0.2) is 51.6 Å². The summed E-state index contributed by atoms with van der Waals surface area (Å²) in [4.78, 5) is 33.5. The van der Waals surface area contributed by atoms with Crippen molar-refractivity contribution in [2.24, 2.45) is 0 Å². The van der Waals surface area contributed by atoms with Gasteiger partial charge in [0.15, 0.2) is 0 Å². The Balaban J connectivity index is 0.957. The second-order valence-electron chi connectivity index (χ2n) is 16.1. The van der Waals surface area contributed by atoms with Crippen molar-refractivity contribution in [2.75, 3.05) is 6.61 Å². The Kier molecular flexibility index (Phi) is 12.1. The van der Waals surface area contributed by atoms with Crippen molar-refractivity contribution in [1.82, 2.24) is 15.2 Å². The molecule has 0 saturated heterocycles. The van der Waals surface area contributed by atoms with E-state index in [1.54, 1.807) is 12.3 Å². The number of hydrogen-bond donors (Lipinski definition) is 2. The molecule has 3 heterocycles. The third-order valence-corrected chi connectivity index (χ3v) is 13.1. The maximum atomic E-state index is 14.2. The van der Waals surface area contributed by atoms with Gasteiger partial charge in [-0.1, -0.05) is 84.6 Å². The minimum absolute atomic E-state index is 0.194. The van der Waals surface area contributed by atoms with Crippen molar-refractivity contribution in [3.8, 4) is 22.6 Å². The van der Waals surface area contributed by atoms with E-state index in [-0.39, 0.29) is 24.3 Å². The summed E-state index contributed by atoms with van der Waals surface area (Å²) in [5.41, 5.74) is 10.8. The summed E-state index contributed by atoms with van der Waals surface area (Å²) >= 11 is 12.2. The first-order chi connectivity index (χ1) is 28.1. The first-order valence-corrected chi connectivity index (χ1v) is 21.1. The first-order valence-electron chi connectivity index (χ1n) is 20.3. The lowest BCUT2D eigenvalue weighted by Crippen LogP contribution is -2.56. The van der Waals surface area contributed by atoms with E-state index in [1.807, 2.05) is 61.5 Å². The van der Waals surface area contributed by atoms with Crippen LogP contribution in [0.15, 0.2) is 91.1 Å². The second kappa shape index (κ2) is 17.5. The predicted molar refractivity (Wildman–Crippen MR) is 228 cm³/mol. The molecule has 1 aliphatic carbocycles. The number of ether oxygens (including phenoxy) is 2. The zero-order valence-electron chi connectivity index (χ0n) is 33.0. The molecule has 1 aromatic heterocycles. The van der Waals surface area contributed by atoms with Crippen LogP contribution in [0.4, 0.5) is 0 Å². The lowest BCUT2D eigenvalue weighted by atomic mass is 9.86. The molecule has 0 spiro atoms. The maximum Gasteiger partial charge on any atom is 0.326 e. The van der Waals surface area contributed by atoms with Gasteiger partial charge in [0.1, 0.15) is 24.1 Å². The van der Waals surface area contributed by atoms with E-state index in [9.17, 15) is 14.7 Å². The van der Waals surface area contributed by atoms with Crippen LogP contribution < -0.4 is 14.8 Å². The third-order valence-electron chi connectivity index (χ3n) is 12.4. The number of halogens is 2. The predicted octanol–water partition coefficient (Wildman–Crippen LogP) is 9.84. The summed E-state index contributed by atoms with van der Waals surface area (Å²) < 4.78 is 12.4. The van der Waals surface area contributed by atoms with Crippen molar-refractivity contribution in [2.45, 2.75) is 102 Å². The number of aromatic nitrogens is 1. The summed E-state index contributed by atoms with van der Waals surface area (Å²) in [5.74, 6) is 0.671. The summed E-state index contributed by atoms with van der Waals surface area (Å²) in [6.07, 6.45) is 8.57. The standard InChI is InChI=1S/C48H49Cl2N3O5/c1-29-30(2)51-19-17-41(29)34-10-7-31(8-11-34)22-44(48(55)56)52-47(54)45-25-36-26-46-37(24-38(36)27-53(45)39-5-3-4-6-39)23-35(18-20-57-46)33-12-14-40(15-13-33)58-28-32-9-16-42(49)43(50)21-32/h7-17,19,21,24,26,35,39,44-45H,3-6,18,20,22-23,25,27-28H2,1-2H3,(H,52,54)(H,55,56)/t35-,44+,45+/m1/s1. The van der Waals surface area contributed by atoms with Crippen molar-refractivity contribution >= 4 is 35.1 Å². The van der Waals surface area contributed by atoms with E-state index in [0.717, 1.165) is 89.1 Å². The molecule has 5 aromatic rings. The average Bonchev–Trinajstić information content (AvgIpc) is 3.69. The third kappa shape index (κ3) is 8.90. The number of amides is 1. The molecule has 0 unspecified atom stereocenters. The Bertz CT molecular complexity index is 2290. The molecular weight excluding hydrogens is 769 g/mol. The number of benzene rings is 4. The lowest BCUT2D eigenvalue weighted by Gasteiger charge is -2.40. The Morgan fingerprint density at radius 1 is 0.879 bits per heavy atom. The van der Waals surface area contributed by atoms with Crippen molar-refractivity contribution in [3.63, 3.8) is 0 Å². The van der Waals surface area contributed by atoms with Gasteiger partial charge < -0.3 is 19.9 Å². The molecule has 2 aliphatic heterocycles. The summed E-state index contributed by atoms with van der Waals surface area (Å²) in [6, 6.07) is 27.0. The van der Waals surface area contributed by atoms with Crippen molar-refractivity contribution < 1.29 is 24.2 Å². The largest absolute Gasteiger partial charge is 0.493 e. The lowest BCUT2D eigenvalue weighted by molar-refractivity contribution is -0.143. The highest BCUT2D eigenvalue weighted by Gasteiger charge is 2.39. The monoisotopic (exact) mass is 817 g/mol. The van der Waals surface area contributed by atoms with Gasteiger partial charge in [-0.25, -0.2) is 4.79 Å². The molecule has 3 aliphatic rings. The van der Waals surface area contributed by atoms with Crippen molar-refractivity contribution in [1.29, 1.82) is 0 Å². The van der Waals surface area contributed by atoms with E-state index in [0.29, 0.717) is 36.2 Å². The van der Waals surface area contributed by atoms with E-state index in [4.69, 9.17) is 32.7 Å². The first kappa shape index (κ1) is 39.9. The SMILES string of the molecule is Cc1nccc(-c2ccc(C[C@H](NC(=O)[C@@H]3Cc4cc5c(cc4CN3C3CCCC3)C[C@H](c3ccc(OCc4ccc(Cl)c(Cl)c4)cc3)CCO5)C(=O)O)cc2)c1C. The Morgan fingerprint density at radius 2 is 1.64 bits per heavy atom. The summed E-state index contributed by atoms with van der Waals surface area (Å²) in [7, 11) is 0. The molecule has 8 nitrogen and oxygen atoms in total. The van der Waals surface area contributed by atoms with Crippen LogP contribution in [-0.2, 0) is 42.0 Å². The van der Waals surface area contributed by atoms with Gasteiger partial charge in [0.25, 0.3) is 0 Å². The minimum Gasteiger partial charge on any atom is -0.493 e. The smallest absolute Gasteiger partial charge is 0.326 e. The van der Waals surface area contributed by atoms with Gasteiger partial charge in [0.05, 0.1) is 22.7 Å². The van der Waals surface area contributed by atoms with Gasteiger partial charge in [-0.2, -0.15) is 0 Å². The molecular formula is C48H49Cl2N3O5. The number of carboxylic acids is 1. The second-order valence-corrected chi connectivity index (χ2v) is 16.9. The number of carbonyl (C=O) groups is 2. The summed E-state index contributed by atoms with van der Waals surface area (Å²) in [5, 5.41) is 14.3. The van der Waals surface area contributed by atoms with Gasteiger partial charge in [-0.05, 0) is 138 Å². The fraction of sp³-hybridized carbons (Fsp3) is 0.354. The van der Waals surface area contributed by atoms with E-state index in [2.05, 4.69) is 46.4 Å². The number of carbonyl (C=O) groups excluding carboxylic acids is 1. The number of pyridine rings is 1. The molecule has 3 atom stereocenters. The molecule has 1 saturated carbocycles. The minimum atomic E-state index is -1.05. The quantitative estimate of drug-likeness (QED) is 0.137. The zero-order valence-corrected chi connectivity index (χ0v) is 34.5. The highest BCUT2D eigenvalue weighted by atomic mass is 35.5. The van der Waals surface area contributed by atoms with Crippen LogP contribution >= 0.6 is 23.2 Å². The molecule has 0 bridgehead atoms. The van der Waals surface area contributed by atoms with Crippen LogP contribution in [0.25, 0.3) is 11.1 Å². The number of fused-ring (bicyclic) bond motifs is 2. The fourth-order valence-electron chi connectivity index (χ4n) is 8.92. The number of nitrogens with zero attached hydrogens (tertiary/aromatic N) is 2. The zero-order chi connectivity index (χ0) is 40.3. The Hall–Kier alpha value is -4.89. The van der Waals surface area contributed by atoms with E-state index >= 15 is 0 Å². The average molecular weight is 819 g/mol. The Morgan fingerprint density at radius 3 is 2.38 bits per heavy atom. The molecule has 300 valence electrons. The van der Waals surface area contributed by atoms with Gasteiger partial charge >= 0.3 is 5.97 Å². The molecule has 0 radical (unpaired) electrons. The molecule has 1 amide bonds. The molecule has 1 fully saturated rings. The number of hydrogen-bond acceptors (Lipinski definition) is 6. The molecule has 2 N–H and O–H groups in total. The van der Waals surface area contributed by atoms with E-state index in [1.165, 1.54) is 16.7 Å². The highest BCUT2D eigenvalue weighted by Crippen LogP contribution is 2.39. The van der Waals surface area contributed by atoms with Crippen LogP contribution in [0.3, 0.4) is 0 Å². The molecule has 10 heteroatoms. The normalized spacial score (nSPS) is 18.7. The van der Waals surface area contributed by atoms with Crippen LogP contribution in [0.5, 0.6) is 11.5 Å². The van der Waals surface area contributed by atoms with Gasteiger partial charge in [-0.3, -0.25) is 14.7 Å². The van der Waals surface area contributed by atoms with Gasteiger partial charge in [0, 0.05) is 30.9 Å². The highest BCUT2D eigenvalue weighted by molar-refractivity contribution is 6.42. The Labute approximate surface area is 350 Å². The van der Waals surface area contributed by atoms with Gasteiger partial charge in [0.2, 0.25) is 5.91 Å². The molecule has 4 aromatic carbocycles. The molecule has 8 rings (SSSR count). The molecule has 58 heavy (non-hydrogen) atoms. The number of aliphatic carboxylic acids is 1. The number of rotatable bonds is 11. The fourth-order valence-corrected chi connectivity index (χ4v) is 9.24. The van der Waals surface area contributed by atoms with Crippen LogP contribution in [0.2, 0.25) is 10.0 Å². The van der Waals surface area contributed by atoms with Crippen LogP contribution in [0.1, 0.15) is 82.7 Å².